The summed E-state index contributed by atoms with van der Waals surface area (Å²) >= 11 is 0. The Morgan fingerprint density at radius 1 is 0.255 bits per heavy atom. The predicted molar refractivity (Wildman–Crippen MR) is 391 cm³/mol. The topological polar surface area (TPSA) is 776 Å². The molecule has 0 aromatic carbocycles. The molecule has 0 saturated heterocycles. The maximum absolute atomic E-state index is 14.0. The molecule has 0 aromatic heterocycles. The third kappa shape index (κ3) is 50.8. The van der Waals surface area contributed by atoms with Crippen LogP contribution in [0.5, 0.6) is 0 Å². The number of aliphatic imine (C=N–C) groups is 7. The Kier molecular flexibility index (Phi) is 50.5. The van der Waals surface area contributed by atoms with Crippen LogP contribution in [-0.4, -0.2) is 214 Å². The van der Waals surface area contributed by atoms with E-state index in [1.54, 1.807) is 0 Å². The maximum atomic E-state index is 14.0. The van der Waals surface area contributed by atoms with Crippen LogP contribution in [0.15, 0.2) is 34.9 Å². The number of hydrogen-bond acceptors (Lipinski definition) is 18. The van der Waals surface area contributed by atoms with Gasteiger partial charge in [0.2, 0.25) is 53.2 Å². The summed E-state index contributed by atoms with van der Waals surface area (Å²) in [5.74, 6) is -7.14. The van der Waals surface area contributed by atoms with Crippen LogP contribution in [0.4, 0.5) is 0 Å². The zero-order valence-electron chi connectivity index (χ0n) is 58.8. The molecule has 0 spiro atoms. The van der Waals surface area contributed by atoms with E-state index in [0.29, 0.717) is 96.6 Å². The van der Waals surface area contributed by atoms with Gasteiger partial charge in [-0.15, -0.1) is 0 Å². The highest BCUT2D eigenvalue weighted by Crippen LogP contribution is 2.11. The van der Waals surface area contributed by atoms with Gasteiger partial charge in [-0.05, 0) is 128 Å². The van der Waals surface area contributed by atoms with Crippen molar-refractivity contribution in [1.82, 2.24) is 47.9 Å². The first-order valence-corrected chi connectivity index (χ1v) is 34.4. The van der Waals surface area contributed by atoms with Crippen molar-refractivity contribution in [3.8, 4) is 0 Å². The fraction of sp³-hybridized carbons (Fsp3) is 0.717. The molecule has 42 nitrogen and oxygen atoms in total. The van der Waals surface area contributed by atoms with Gasteiger partial charge in [-0.1, -0.05) is 19.3 Å². The molecule has 0 rings (SSSR count). The number of unbranched alkanes of at least 4 members (excludes halogenated alkanes) is 6. The Labute approximate surface area is 595 Å². The van der Waals surface area contributed by atoms with Crippen LogP contribution >= 0.6 is 0 Å². The summed E-state index contributed by atoms with van der Waals surface area (Å²) in [6.45, 7) is 1.82. The minimum Gasteiger partial charge on any atom is -0.480 e. The number of rotatable bonds is 59. The first kappa shape index (κ1) is 91.5. The van der Waals surface area contributed by atoms with Gasteiger partial charge in [-0.3, -0.25) is 78.1 Å². The van der Waals surface area contributed by atoms with Crippen LogP contribution in [0.1, 0.15) is 167 Å². The van der Waals surface area contributed by atoms with E-state index >= 15 is 0 Å². The molecule has 0 aliphatic heterocycles. The number of carboxylic acid groups (broad SMARTS) is 1. The first-order chi connectivity index (χ1) is 48.4. The van der Waals surface area contributed by atoms with Gasteiger partial charge in [0.15, 0.2) is 41.7 Å². The maximum Gasteiger partial charge on any atom is 0.326 e. The molecule has 40 N–H and O–H groups in total. The lowest BCUT2D eigenvalue weighted by Crippen LogP contribution is -2.54. The van der Waals surface area contributed by atoms with Crippen LogP contribution in [-0.2, 0) is 47.9 Å². The van der Waals surface area contributed by atoms with Crippen molar-refractivity contribution in [3.05, 3.63) is 0 Å². The Morgan fingerprint density at radius 3 is 0.716 bits per heavy atom. The van der Waals surface area contributed by atoms with E-state index in [9.17, 15) is 53.1 Å². The Morgan fingerprint density at radius 2 is 0.471 bits per heavy atom. The van der Waals surface area contributed by atoms with Gasteiger partial charge >= 0.3 is 5.97 Å². The van der Waals surface area contributed by atoms with E-state index < -0.39 is 95.5 Å². The predicted octanol–water partition coefficient (Wildman–Crippen LogP) is -8.29. The largest absolute Gasteiger partial charge is 0.480 e. The van der Waals surface area contributed by atoms with Gasteiger partial charge in [-0.25, -0.2) is 4.79 Å². The lowest BCUT2D eigenvalue weighted by molar-refractivity contribution is -0.142. The number of aliphatic carboxylic acids is 1. The average molecular weight is 1450 g/mol. The van der Waals surface area contributed by atoms with E-state index in [4.69, 9.17) is 86.0 Å². The second kappa shape index (κ2) is 56.3. The Bertz CT molecular complexity index is 2760. The van der Waals surface area contributed by atoms with Crippen LogP contribution in [0.25, 0.3) is 0 Å². The second-order valence-corrected chi connectivity index (χ2v) is 23.9. The summed E-state index contributed by atoms with van der Waals surface area (Å²) in [6, 6.07) is -7.54. The van der Waals surface area contributed by atoms with E-state index in [0.717, 1.165) is 0 Å². The van der Waals surface area contributed by atoms with Crippen molar-refractivity contribution < 1.29 is 53.1 Å². The summed E-state index contributed by atoms with van der Waals surface area (Å²) in [7, 11) is 0. The van der Waals surface area contributed by atoms with Crippen molar-refractivity contribution in [1.29, 1.82) is 0 Å². The van der Waals surface area contributed by atoms with Gasteiger partial charge in [0.25, 0.3) is 0 Å². The molecule has 580 valence electrons. The molecule has 0 bridgehead atoms. The minimum absolute atomic E-state index is 0.00957. The summed E-state index contributed by atoms with van der Waals surface area (Å²) in [6.07, 6.45) is 7.03. The van der Waals surface area contributed by atoms with Crippen molar-refractivity contribution in [2.75, 3.05) is 65.4 Å². The van der Waals surface area contributed by atoms with Gasteiger partial charge in [-0.2, -0.15) is 0 Å². The van der Waals surface area contributed by atoms with Gasteiger partial charge in [0.05, 0.1) is 6.04 Å². The van der Waals surface area contributed by atoms with E-state index in [1.165, 1.54) is 0 Å². The molecule has 102 heavy (non-hydrogen) atoms. The van der Waals surface area contributed by atoms with Gasteiger partial charge < -0.3 is 139 Å². The molecular weight excluding hydrogens is 1330 g/mol. The summed E-state index contributed by atoms with van der Waals surface area (Å²) in [5.41, 5.74) is 82.3. The fourth-order valence-electron chi connectivity index (χ4n) is 9.66. The number of carbonyl (C=O) groups excluding carboxylic acids is 9. The lowest BCUT2D eigenvalue weighted by atomic mass is 10.1. The molecule has 0 aliphatic rings. The number of nitrogens with zero attached hydrogens (tertiary/aromatic N) is 7. The Balaban J connectivity index is 5.86. The van der Waals surface area contributed by atoms with Crippen LogP contribution in [0.2, 0.25) is 0 Å². The average Bonchev–Trinajstić information content (AvgIpc) is 0.901. The monoisotopic (exact) mass is 1450 g/mol. The highest BCUT2D eigenvalue weighted by Gasteiger charge is 2.30. The number of carboxylic acids is 1. The molecule has 7 atom stereocenters. The highest BCUT2D eigenvalue weighted by atomic mass is 16.4. The number of nitrogens with one attached hydrogen (secondary N) is 9. The molecular formula is C60H119N31O11. The first-order valence-electron chi connectivity index (χ1n) is 34.4. The molecule has 0 aliphatic carbocycles. The quantitative estimate of drug-likeness (QED) is 0.0153. The number of hydrogen-bond donors (Lipinski definition) is 25. The molecule has 42 heteroatoms. The number of nitrogens with two attached hydrogens (primary N) is 15. The fourth-order valence-corrected chi connectivity index (χ4v) is 9.66. The van der Waals surface area contributed by atoms with Crippen molar-refractivity contribution in [2.45, 2.75) is 209 Å². The third-order valence-electron chi connectivity index (χ3n) is 15.0. The normalized spacial score (nSPS) is 12.7. The summed E-state index contributed by atoms with van der Waals surface area (Å²) in [5, 5.41) is 34.4. The zero-order valence-corrected chi connectivity index (χ0v) is 58.8. The number of guanidine groups is 7. The van der Waals surface area contributed by atoms with E-state index in [2.05, 4.69) is 82.8 Å². The lowest BCUT2D eigenvalue weighted by Gasteiger charge is -2.23. The molecule has 0 aromatic rings. The van der Waals surface area contributed by atoms with Gasteiger partial charge in [0.1, 0.15) is 36.3 Å². The Hall–Kier alpha value is -10.4. The molecule has 0 saturated carbocycles. The molecule has 0 unspecified atom stereocenters. The molecule has 0 heterocycles. The molecule has 0 radical (unpaired) electrons. The van der Waals surface area contributed by atoms with Crippen molar-refractivity contribution in [3.63, 3.8) is 0 Å². The minimum atomic E-state index is -1.29. The van der Waals surface area contributed by atoms with Crippen molar-refractivity contribution >= 4 is 101 Å². The van der Waals surface area contributed by atoms with Crippen LogP contribution < -0.4 is 134 Å². The number of amides is 9. The highest BCUT2D eigenvalue weighted by molar-refractivity contribution is 5.94. The summed E-state index contributed by atoms with van der Waals surface area (Å²) in [4.78, 5) is 160. The second-order valence-electron chi connectivity index (χ2n) is 23.9. The van der Waals surface area contributed by atoms with Crippen molar-refractivity contribution in [2.24, 2.45) is 121 Å². The standard InChI is InChI=1S/C60H119N31O11/c61-37(17-10-30-79-54(62)63)47(95)76-27-7-1-4-24-44(92)86-40(20-13-33-82-57(68)69)50(98)89-38(18-11-31-80-55(64)65)48(96)77-28-8-2-5-25-45(93)87-41(21-14-34-83-58(70)71)51(99)90-39(19-12-32-81-56(66)67)49(97)78-29-9-3-6-26-46(94)88-42(22-15-35-84-59(72)73)52(100)91-43(53(101)102)23-16-36-85-60(74)75/h37-43H,1-36,61H2,(H,76,95)(H,77,96)(H,78,97)(H,86,92)(H,87,93)(H,88,94)(H,89,98)(H,90,99)(H,91,100)(H,101,102)(H4,62,63,79)(H4,64,65,80)(H4,66,67,81)(H4,68,69,82)(H4,70,71,83)(H4,72,73,84)(H4,74,75,85)/t37-,38-,39-,40-,41-,42-,43-/m0/s1. The molecule has 9 amide bonds. The van der Waals surface area contributed by atoms with Crippen LogP contribution in [0, 0.1) is 0 Å². The summed E-state index contributed by atoms with van der Waals surface area (Å²) < 4.78 is 0. The van der Waals surface area contributed by atoms with E-state index in [-0.39, 0.29) is 183 Å². The van der Waals surface area contributed by atoms with E-state index in [1.807, 2.05) is 0 Å². The zero-order chi connectivity index (χ0) is 76.6. The van der Waals surface area contributed by atoms with Crippen LogP contribution in [0.3, 0.4) is 0 Å². The third-order valence-corrected chi connectivity index (χ3v) is 15.0. The number of carbonyl (C=O) groups is 10. The molecule has 0 fully saturated rings. The van der Waals surface area contributed by atoms with Gasteiger partial charge in [0, 0.05) is 84.7 Å². The smallest absolute Gasteiger partial charge is 0.326 e. The SMILES string of the molecule is NC(N)=NCCC[C@H](NC(=O)[C@H](CCCN=C(N)N)NC(=O)CCCCCNC(=O)[C@H](CCCN=C(N)N)NC(=O)[C@H](CCCN=C(N)N)NC(=O)CCCCCNC(=O)[C@H](CCCN=C(N)N)NC(=O)[C@H](CCCN=C(N)N)NC(=O)CCCCCNC(=O)[C@@H](N)CCCN=C(N)N)C(=O)O.